The maximum absolute atomic E-state index is 9.46. The third-order valence-electron chi connectivity index (χ3n) is 2.87. The van der Waals surface area contributed by atoms with Crippen molar-refractivity contribution in [1.82, 2.24) is 0 Å². The summed E-state index contributed by atoms with van der Waals surface area (Å²) in [5.74, 6) is 0. The van der Waals surface area contributed by atoms with Gasteiger partial charge in [0.25, 0.3) is 0 Å². The minimum absolute atomic E-state index is 0.0592. The van der Waals surface area contributed by atoms with Gasteiger partial charge in [0.15, 0.2) is 6.29 Å². The zero-order chi connectivity index (χ0) is 12.1. The van der Waals surface area contributed by atoms with Crippen LogP contribution >= 0.6 is 0 Å². The van der Waals surface area contributed by atoms with Crippen molar-refractivity contribution in [3.63, 3.8) is 0 Å². The largest absolute Gasteiger partial charge is 0.394 e. The van der Waals surface area contributed by atoms with Crippen molar-refractivity contribution >= 4 is 0 Å². The Morgan fingerprint density at radius 3 is 2.71 bits per heavy atom. The van der Waals surface area contributed by atoms with Crippen LogP contribution in [0, 0.1) is 0 Å². The fourth-order valence-corrected chi connectivity index (χ4v) is 1.99. The molecule has 1 fully saturated rings. The maximum atomic E-state index is 9.46. The summed E-state index contributed by atoms with van der Waals surface area (Å²) in [5.41, 5.74) is 1.11. The molecule has 0 saturated carbocycles. The topological polar surface area (TPSA) is 58.9 Å². The number of aliphatic hydroxyl groups is 2. The third kappa shape index (κ3) is 3.78. The third-order valence-corrected chi connectivity index (χ3v) is 2.87. The SMILES string of the molecule is OC[C@H]1C[C@@H](OCc2ccccc2)C[C@H](O)O1. The molecule has 17 heavy (non-hydrogen) atoms. The van der Waals surface area contributed by atoms with E-state index in [1.807, 2.05) is 30.3 Å². The lowest BCUT2D eigenvalue weighted by Gasteiger charge is -2.31. The summed E-state index contributed by atoms with van der Waals surface area (Å²) in [5, 5.41) is 18.5. The molecule has 1 aliphatic rings. The Morgan fingerprint density at radius 1 is 1.24 bits per heavy atom. The minimum atomic E-state index is -0.832. The van der Waals surface area contributed by atoms with E-state index in [0.29, 0.717) is 19.4 Å². The number of ether oxygens (including phenoxy) is 2. The van der Waals surface area contributed by atoms with Crippen molar-refractivity contribution in [3.8, 4) is 0 Å². The van der Waals surface area contributed by atoms with Crippen molar-refractivity contribution in [2.45, 2.75) is 37.9 Å². The van der Waals surface area contributed by atoms with Gasteiger partial charge < -0.3 is 19.7 Å². The molecule has 2 N–H and O–H groups in total. The summed E-state index contributed by atoms with van der Waals surface area (Å²) >= 11 is 0. The molecule has 3 atom stereocenters. The summed E-state index contributed by atoms with van der Waals surface area (Å²) in [6.45, 7) is 0.443. The average Bonchev–Trinajstić information content (AvgIpc) is 2.37. The van der Waals surface area contributed by atoms with E-state index in [4.69, 9.17) is 14.6 Å². The van der Waals surface area contributed by atoms with Gasteiger partial charge in [0.05, 0.1) is 25.4 Å². The van der Waals surface area contributed by atoms with Crippen LogP contribution in [0.1, 0.15) is 18.4 Å². The zero-order valence-corrected chi connectivity index (χ0v) is 9.66. The van der Waals surface area contributed by atoms with Gasteiger partial charge in [0.2, 0.25) is 0 Å². The maximum Gasteiger partial charge on any atom is 0.157 e. The molecule has 0 aromatic heterocycles. The van der Waals surface area contributed by atoms with Crippen LogP contribution in [0.2, 0.25) is 0 Å². The van der Waals surface area contributed by atoms with Crippen molar-refractivity contribution in [3.05, 3.63) is 35.9 Å². The first-order valence-corrected chi connectivity index (χ1v) is 5.88. The molecule has 0 radical (unpaired) electrons. The second-order valence-corrected chi connectivity index (χ2v) is 4.29. The van der Waals surface area contributed by atoms with Crippen molar-refractivity contribution in [2.75, 3.05) is 6.61 Å². The van der Waals surface area contributed by atoms with Crippen LogP contribution in [0.3, 0.4) is 0 Å². The number of hydrogen-bond acceptors (Lipinski definition) is 4. The Labute approximate surface area is 101 Å². The molecule has 1 saturated heterocycles. The van der Waals surface area contributed by atoms with Gasteiger partial charge in [-0.25, -0.2) is 0 Å². The summed E-state index contributed by atoms with van der Waals surface area (Å²) in [6, 6.07) is 9.89. The van der Waals surface area contributed by atoms with E-state index >= 15 is 0 Å². The minimum Gasteiger partial charge on any atom is -0.394 e. The van der Waals surface area contributed by atoms with Gasteiger partial charge in [0.1, 0.15) is 0 Å². The number of hydrogen-bond donors (Lipinski definition) is 2. The highest BCUT2D eigenvalue weighted by molar-refractivity contribution is 5.13. The molecular weight excluding hydrogens is 220 g/mol. The highest BCUT2D eigenvalue weighted by Gasteiger charge is 2.28. The first-order chi connectivity index (χ1) is 8.28. The Bertz CT molecular complexity index is 327. The van der Waals surface area contributed by atoms with Gasteiger partial charge in [-0.2, -0.15) is 0 Å². The lowest BCUT2D eigenvalue weighted by Crippen LogP contribution is -2.38. The van der Waals surface area contributed by atoms with Gasteiger partial charge in [-0.15, -0.1) is 0 Å². The first kappa shape index (κ1) is 12.5. The Hall–Kier alpha value is -0.940. The van der Waals surface area contributed by atoms with Crippen molar-refractivity contribution in [1.29, 1.82) is 0 Å². The molecule has 1 aliphatic heterocycles. The molecule has 0 amide bonds. The summed E-state index contributed by atoms with van der Waals surface area (Å²) in [4.78, 5) is 0. The van der Waals surface area contributed by atoms with Crippen LogP contribution in [0.25, 0.3) is 0 Å². The molecule has 94 valence electrons. The van der Waals surface area contributed by atoms with Gasteiger partial charge in [-0.1, -0.05) is 30.3 Å². The van der Waals surface area contributed by atoms with E-state index in [9.17, 15) is 5.11 Å². The van der Waals surface area contributed by atoms with Crippen LogP contribution in [-0.4, -0.2) is 35.3 Å². The van der Waals surface area contributed by atoms with Gasteiger partial charge in [0, 0.05) is 12.8 Å². The molecule has 0 bridgehead atoms. The molecular formula is C13H18O4. The first-order valence-electron chi connectivity index (χ1n) is 5.88. The predicted octanol–water partition coefficient (Wildman–Crippen LogP) is 1.06. The molecule has 2 rings (SSSR count). The van der Waals surface area contributed by atoms with E-state index in [0.717, 1.165) is 5.56 Å². The Balaban J connectivity index is 1.82. The van der Waals surface area contributed by atoms with E-state index in [1.54, 1.807) is 0 Å². The van der Waals surface area contributed by atoms with Crippen LogP contribution in [0.4, 0.5) is 0 Å². The standard InChI is InChI=1S/C13H18O4/c14-8-12-6-11(7-13(15)17-12)16-9-10-4-2-1-3-5-10/h1-5,11-15H,6-9H2/t11-,12-,13-/m1/s1. The highest BCUT2D eigenvalue weighted by atomic mass is 16.6. The molecule has 0 spiro atoms. The number of aliphatic hydroxyl groups excluding tert-OH is 2. The molecule has 4 heteroatoms. The molecule has 1 aromatic rings. The van der Waals surface area contributed by atoms with Gasteiger partial charge in [-0.3, -0.25) is 0 Å². The van der Waals surface area contributed by atoms with Crippen LogP contribution in [0.15, 0.2) is 30.3 Å². The summed E-state index contributed by atoms with van der Waals surface area (Å²) < 4.78 is 10.9. The molecule has 0 aliphatic carbocycles. The fraction of sp³-hybridized carbons (Fsp3) is 0.538. The van der Waals surface area contributed by atoms with Gasteiger partial charge >= 0.3 is 0 Å². The van der Waals surface area contributed by atoms with Crippen LogP contribution in [-0.2, 0) is 16.1 Å². The predicted molar refractivity (Wildman–Crippen MR) is 62.2 cm³/mol. The van der Waals surface area contributed by atoms with Crippen molar-refractivity contribution in [2.24, 2.45) is 0 Å². The second-order valence-electron chi connectivity index (χ2n) is 4.29. The Morgan fingerprint density at radius 2 is 2.00 bits per heavy atom. The smallest absolute Gasteiger partial charge is 0.157 e. The Kier molecular flexibility index (Phi) is 4.50. The number of benzene rings is 1. The zero-order valence-electron chi connectivity index (χ0n) is 9.66. The monoisotopic (exact) mass is 238 g/mol. The van der Waals surface area contributed by atoms with E-state index in [-0.39, 0.29) is 18.8 Å². The van der Waals surface area contributed by atoms with E-state index < -0.39 is 6.29 Å². The molecule has 4 nitrogen and oxygen atoms in total. The van der Waals surface area contributed by atoms with Crippen LogP contribution < -0.4 is 0 Å². The van der Waals surface area contributed by atoms with Crippen LogP contribution in [0.5, 0.6) is 0 Å². The molecule has 0 unspecified atom stereocenters. The lowest BCUT2D eigenvalue weighted by molar-refractivity contribution is -0.206. The lowest BCUT2D eigenvalue weighted by atomic mass is 10.1. The van der Waals surface area contributed by atoms with E-state index in [2.05, 4.69) is 0 Å². The van der Waals surface area contributed by atoms with Crippen molar-refractivity contribution < 1.29 is 19.7 Å². The molecule has 1 aromatic carbocycles. The highest BCUT2D eigenvalue weighted by Crippen LogP contribution is 2.21. The normalized spacial score (nSPS) is 29.2. The summed E-state index contributed by atoms with van der Waals surface area (Å²) in [6.07, 6.45) is -0.124. The van der Waals surface area contributed by atoms with E-state index in [1.165, 1.54) is 0 Å². The molecule has 1 heterocycles. The quantitative estimate of drug-likeness (QED) is 0.823. The second kappa shape index (κ2) is 6.12. The summed E-state index contributed by atoms with van der Waals surface area (Å²) in [7, 11) is 0. The van der Waals surface area contributed by atoms with Gasteiger partial charge in [-0.05, 0) is 5.56 Å². The number of rotatable bonds is 4. The fourth-order valence-electron chi connectivity index (χ4n) is 1.99. The average molecular weight is 238 g/mol.